The maximum absolute atomic E-state index is 11.0. The van der Waals surface area contributed by atoms with Crippen molar-refractivity contribution in [2.24, 2.45) is 0 Å². The lowest BCUT2D eigenvalue weighted by molar-refractivity contribution is -0.386. The van der Waals surface area contributed by atoms with Gasteiger partial charge in [-0.2, -0.15) is 11.3 Å². The highest BCUT2D eigenvalue weighted by Crippen LogP contribution is 2.31. The molecule has 106 valence electrons. The molecule has 0 saturated carbocycles. The number of nitrogens with one attached hydrogen (secondary N) is 1. The van der Waals surface area contributed by atoms with E-state index >= 15 is 0 Å². The number of ether oxygens (including phenoxy) is 1. The van der Waals surface area contributed by atoms with E-state index in [1.165, 1.54) is 11.6 Å². The van der Waals surface area contributed by atoms with Gasteiger partial charge in [0.15, 0.2) is 5.75 Å². The van der Waals surface area contributed by atoms with Crippen molar-refractivity contribution < 1.29 is 9.66 Å². The molecule has 0 fully saturated rings. The van der Waals surface area contributed by atoms with Gasteiger partial charge < -0.3 is 10.1 Å². The van der Waals surface area contributed by atoms with Gasteiger partial charge >= 0.3 is 5.69 Å². The van der Waals surface area contributed by atoms with E-state index < -0.39 is 4.92 Å². The van der Waals surface area contributed by atoms with Crippen LogP contribution in [0.5, 0.6) is 5.75 Å². The van der Waals surface area contributed by atoms with Gasteiger partial charge in [0, 0.05) is 24.4 Å². The molecule has 0 aliphatic rings. The van der Waals surface area contributed by atoms with Crippen LogP contribution in [-0.4, -0.2) is 11.0 Å². The van der Waals surface area contributed by atoms with E-state index in [4.69, 9.17) is 4.74 Å². The fraction of sp³-hybridized carbons (Fsp3) is 0.286. The highest BCUT2D eigenvalue weighted by atomic mass is 32.1. The summed E-state index contributed by atoms with van der Waals surface area (Å²) in [6.07, 6.45) is -0.110. The zero-order valence-electron chi connectivity index (χ0n) is 11.3. The molecule has 1 heterocycles. The largest absolute Gasteiger partial charge is 0.484 e. The number of hydrogen-bond donors (Lipinski definition) is 1. The normalized spacial score (nSPS) is 10.6. The summed E-state index contributed by atoms with van der Waals surface area (Å²) >= 11 is 1.64. The first-order valence-corrected chi connectivity index (χ1v) is 7.20. The second-order valence-electron chi connectivity index (χ2n) is 4.59. The van der Waals surface area contributed by atoms with Crippen LogP contribution in [0.2, 0.25) is 0 Å². The minimum atomic E-state index is -0.430. The van der Waals surface area contributed by atoms with Gasteiger partial charge in [-0.1, -0.05) is 0 Å². The fourth-order valence-corrected chi connectivity index (χ4v) is 2.39. The van der Waals surface area contributed by atoms with E-state index in [0.29, 0.717) is 12.3 Å². The van der Waals surface area contributed by atoms with Crippen LogP contribution in [-0.2, 0) is 6.54 Å². The van der Waals surface area contributed by atoms with Gasteiger partial charge in [-0.15, -0.1) is 0 Å². The summed E-state index contributed by atoms with van der Waals surface area (Å²) in [7, 11) is 0. The first-order chi connectivity index (χ1) is 9.56. The summed E-state index contributed by atoms with van der Waals surface area (Å²) in [5.74, 6) is 0.292. The van der Waals surface area contributed by atoms with Crippen LogP contribution in [0.1, 0.15) is 19.4 Å². The van der Waals surface area contributed by atoms with Gasteiger partial charge in [-0.05, 0) is 42.3 Å². The highest BCUT2D eigenvalue weighted by Gasteiger charge is 2.16. The van der Waals surface area contributed by atoms with Gasteiger partial charge in [0.1, 0.15) is 0 Å². The van der Waals surface area contributed by atoms with Crippen molar-refractivity contribution in [1.82, 2.24) is 0 Å². The van der Waals surface area contributed by atoms with Crippen molar-refractivity contribution in [1.29, 1.82) is 0 Å². The monoisotopic (exact) mass is 292 g/mol. The Hall–Kier alpha value is -2.08. The van der Waals surface area contributed by atoms with E-state index in [1.54, 1.807) is 23.5 Å². The van der Waals surface area contributed by atoms with Crippen LogP contribution in [0.15, 0.2) is 35.0 Å². The quantitative estimate of drug-likeness (QED) is 0.644. The molecule has 2 rings (SSSR count). The second kappa shape index (κ2) is 6.38. The van der Waals surface area contributed by atoms with Crippen LogP contribution in [0.4, 0.5) is 11.4 Å². The lowest BCUT2D eigenvalue weighted by atomic mass is 10.2. The third kappa shape index (κ3) is 3.71. The van der Waals surface area contributed by atoms with Crippen LogP contribution in [0, 0.1) is 10.1 Å². The Kier molecular flexibility index (Phi) is 4.57. The molecule has 5 nitrogen and oxygen atoms in total. The summed E-state index contributed by atoms with van der Waals surface area (Å²) in [6, 6.07) is 6.87. The van der Waals surface area contributed by atoms with Crippen molar-refractivity contribution in [3.8, 4) is 5.75 Å². The first kappa shape index (κ1) is 14.3. The molecule has 0 aliphatic heterocycles. The number of thiophene rings is 1. The predicted octanol–water partition coefficient (Wildman–Crippen LogP) is 4.06. The van der Waals surface area contributed by atoms with Crippen molar-refractivity contribution in [2.45, 2.75) is 26.5 Å². The molecule has 0 radical (unpaired) electrons. The van der Waals surface area contributed by atoms with Crippen LogP contribution in [0.3, 0.4) is 0 Å². The van der Waals surface area contributed by atoms with Gasteiger partial charge in [0.25, 0.3) is 0 Å². The maximum atomic E-state index is 11.0. The molecule has 1 aromatic heterocycles. The number of nitrogens with zero attached hydrogens (tertiary/aromatic N) is 1. The molecular formula is C14H16N2O3S. The molecule has 6 heteroatoms. The molecular weight excluding hydrogens is 276 g/mol. The molecule has 1 aromatic carbocycles. The van der Waals surface area contributed by atoms with Gasteiger partial charge in [0.2, 0.25) is 0 Å². The summed E-state index contributed by atoms with van der Waals surface area (Å²) < 4.78 is 5.50. The van der Waals surface area contributed by atoms with Crippen molar-refractivity contribution in [3.63, 3.8) is 0 Å². The topological polar surface area (TPSA) is 64.4 Å². The molecule has 0 bridgehead atoms. The smallest absolute Gasteiger partial charge is 0.311 e. The molecule has 1 N–H and O–H groups in total. The zero-order valence-corrected chi connectivity index (χ0v) is 12.1. The molecule has 0 spiro atoms. The summed E-state index contributed by atoms with van der Waals surface area (Å²) in [5.41, 5.74) is 1.97. The van der Waals surface area contributed by atoms with Gasteiger partial charge in [-0.3, -0.25) is 10.1 Å². The van der Waals surface area contributed by atoms with E-state index in [-0.39, 0.29) is 11.8 Å². The molecule has 20 heavy (non-hydrogen) atoms. The number of rotatable bonds is 6. The Morgan fingerprint density at radius 1 is 1.40 bits per heavy atom. The number of hydrogen-bond acceptors (Lipinski definition) is 5. The van der Waals surface area contributed by atoms with E-state index in [2.05, 4.69) is 10.7 Å². The number of anilines is 1. The van der Waals surface area contributed by atoms with Crippen molar-refractivity contribution >= 4 is 22.7 Å². The fourth-order valence-electron chi connectivity index (χ4n) is 1.72. The van der Waals surface area contributed by atoms with Crippen LogP contribution < -0.4 is 10.1 Å². The second-order valence-corrected chi connectivity index (χ2v) is 5.37. The first-order valence-electron chi connectivity index (χ1n) is 6.26. The highest BCUT2D eigenvalue weighted by molar-refractivity contribution is 7.07. The molecule has 2 aromatic rings. The summed E-state index contributed by atoms with van der Waals surface area (Å²) in [4.78, 5) is 10.5. The van der Waals surface area contributed by atoms with E-state index in [1.807, 2.05) is 25.3 Å². The number of nitro benzene ring substituents is 1. The van der Waals surface area contributed by atoms with Gasteiger partial charge in [0.05, 0.1) is 11.0 Å². The zero-order chi connectivity index (χ0) is 14.5. The maximum Gasteiger partial charge on any atom is 0.311 e. The molecule has 0 unspecified atom stereocenters. The molecule has 0 aliphatic carbocycles. The SMILES string of the molecule is CC(C)Oc1cc(NCc2ccsc2)ccc1[N+](=O)[O-]. The van der Waals surface area contributed by atoms with Gasteiger partial charge in [-0.25, -0.2) is 0 Å². The van der Waals surface area contributed by atoms with Crippen LogP contribution >= 0.6 is 11.3 Å². The van der Waals surface area contributed by atoms with E-state index in [0.717, 1.165) is 5.69 Å². The van der Waals surface area contributed by atoms with Crippen molar-refractivity contribution in [3.05, 3.63) is 50.7 Å². The Morgan fingerprint density at radius 2 is 2.20 bits per heavy atom. The third-order valence-corrected chi connectivity index (χ3v) is 3.33. The summed E-state index contributed by atoms with van der Waals surface area (Å²) in [6.45, 7) is 4.37. The number of benzene rings is 1. The minimum Gasteiger partial charge on any atom is -0.484 e. The average Bonchev–Trinajstić information content (AvgIpc) is 2.88. The Labute approximate surface area is 121 Å². The lowest BCUT2D eigenvalue weighted by Gasteiger charge is -2.12. The average molecular weight is 292 g/mol. The minimum absolute atomic E-state index is 0.0141. The standard InChI is InChI=1S/C14H16N2O3S/c1-10(2)19-14-7-12(3-4-13(14)16(17)18)15-8-11-5-6-20-9-11/h3-7,9-10,15H,8H2,1-2H3. The molecule has 0 saturated heterocycles. The summed E-state index contributed by atoms with van der Waals surface area (Å²) in [5, 5.41) is 18.3. The number of nitro groups is 1. The lowest BCUT2D eigenvalue weighted by Crippen LogP contribution is -2.08. The Bertz CT molecular complexity index is 582. The third-order valence-electron chi connectivity index (χ3n) is 2.60. The molecule has 0 atom stereocenters. The Balaban J connectivity index is 2.15. The van der Waals surface area contributed by atoms with E-state index in [9.17, 15) is 10.1 Å². The van der Waals surface area contributed by atoms with Crippen LogP contribution in [0.25, 0.3) is 0 Å². The Morgan fingerprint density at radius 3 is 2.80 bits per heavy atom. The predicted molar refractivity (Wildman–Crippen MR) is 80.5 cm³/mol. The van der Waals surface area contributed by atoms with Crippen molar-refractivity contribution in [2.75, 3.05) is 5.32 Å². The molecule has 0 amide bonds.